The van der Waals surface area contributed by atoms with Crippen molar-refractivity contribution in [3.8, 4) is 5.75 Å². The Hall–Kier alpha value is -1.55. The van der Waals surface area contributed by atoms with Gasteiger partial charge in [-0.1, -0.05) is 19.9 Å². The number of carboxylic acid groups (broad SMARTS) is 1. The molecule has 1 aromatic carbocycles. The minimum absolute atomic E-state index is 0.307. The molecule has 1 atom stereocenters. The zero-order chi connectivity index (χ0) is 13.0. The van der Waals surface area contributed by atoms with Gasteiger partial charge in [0.25, 0.3) is 0 Å². The number of aliphatic carboxylic acids is 1. The molecule has 0 aliphatic heterocycles. The summed E-state index contributed by atoms with van der Waals surface area (Å²) in [7, 11) is 1.61. The van der Waals surface area contributed by atoms with Gasteiger partial charge in [0.15, 0.2) is 0 Å². The Morgan fingerprint density at radius 2 is 2.12 bits per heavy atom. The van der Waals surface area contributed by atoms with Gasteiger partial charge in [-0.2, -0.15) is 0 Å². The molecule has 4 heteroatoms. The SMILES string of the molecule is COc1ccc(C[C@H](N)C(=O)O)c(C(C)C)c1. The van der Waals surface area contributed by atoms with Gasteiger partial charge in [-0.05, 0) is 35.6 Å². The molecule has 0 bridgehead atoms. The largest absolute Gasteiger partial charge is 0.497 e. The van der Waals surface area contributed by atoms with E-state index in [1.54, 1.807) is 7.11 Å². The van der Waals surface area contributed by atoms with Crippen molar-refractivity contribution in [1.82, 2.24) is 0 Å². The van der Waals surface area contributed by atoms with Crippen LogP contribution in [0.1, 0.15) is 30.9 Å². The molecule has 0 spiro atoms. The summed E-state index contributed by atoms with van der Waals surface area (Å²) in [6, 6.07) is 4.79. The molecule has 0 aliphatic rings. The summed E-state index contributed by atoms with van der Waals surface area (Å²) >= 11 is 0. The van der Waals surface area contributed by atoms with Gasteiger partial charge < -0.3 is 15.6 Å². The highest BCUT2D eigenvalue weighted by atomic mass is 16.5. The molecule has 0 unspecified atom stereocenters. The van der Waals surface area contributed by atoms with Crippen molar-refractivity contribution in [3.05, 3.63) is 29.3 Å². The number of methoxy groups -OCH3 is 1. The molecule has 3 N–H and O–H groups in total. The minimum Gasteiger partial charge on any atom is -0.497 e. The lowest BCUT2D eigenvalue weighted by molar-refractivity contribution is -0.138. The van der Waals surface area contributed by atoms with Crippen molar-refractivity contribution in [3.63, 3.8) is 0 Å². The van der Waals surface area contributed by atoms with E-state index in [1.807, 2.05) is 18.2 Å². The van der Waals surface area contributed by atoms with E-state index >= 15 is 0 Å². The second-order valence-electron chi connectivity index (χ2n) is 4.37. The standard InChI is InChI=1S/C13H19NO3/c1-8(2)11-7-10(17-3)5-4-9(11)6-12(14)13(15)16/h4-5,7-8,12H,6,14H2,1-3H3,(H,15,16)/t12-/m0/s1. The Morgan fingerprint density at radius 3 is 2.59 bits per heavy atom. The van der Waals surface area contributed by atoms with E-state index in [1.165, 1.54) is 0 Å². The molecule has 1 aromatic rings. The van der Waals surface area contributed by atoms with Gasteiger partial charge in [0.1, 0.15) is 11.8 Å². The Balaban J connectivity index is 3.02. The zero-order valence-electron chi connectivity index (χ0n) is 10.4. The van der Waals surface area contributed by atoms with Gasteiger partial charge in [0.2, 0.25) is 0 Å². The van der Waals surface area contributed by atoms with E-state index in [0.29, 0.717) is 12.3 Å². The van der Waals surface area contributed by atoms with Crippen molar-refractivity contribution < 1.29 is 14.6 Å². The monoisotopic (exact) mass is 237 g/mol. The highest BCUT2D eigenvalue weighted by molar-refractivity contribution is 5.73. The van der Waals surface area contributed by atoms with Crippen LogP contribution in [0.3, 0.4) is 0 Å². The van der Waals surface area contributed by atoms with Gasteiger partial charge in [-0.3, -0.25) is 4.79 Å². The minimum atomic E-state index is -0.976. The number of ether oxygens (including phenoxy) is 1. The molecule has 0 saturated heterocycles. The van der Waals surface area contributed by atoms with E-state index in [4.69, 9.17) is 15.6 Å². The third-order valence-corrected chi connectivity index (χ3v) is 2.73. The van der Waals surface area contributed by atoms with Gasteiger partial charge >= 0.3 is 5.97 Å². The number of carboxylic acids is 1. The first-order valence-corrected chi connectivity index (χ1v) is 5.61. The summed E-state index contributed by atoms with van der Waals surface area (Å²) in [5, 5.41) is 8.82. The summed E-state index contributed by atoms with van der Waals surface area (Å²) < 4.78 is 5.16. The average Bonchev–Trinajstić information content (AvgIpc) is 2.29. The zero-order valence-corrected chi connectivity index (χ0v) is 10.4. The van der Waals surface area contributed by atoms with Gasteiger partial charge in [-0.15, -0.1) is 0 Å². The maximum Gasteiger partial charge on any atom is 0.320 e. The fraction of sp³-hybridized carbons (Fsp3) is 0.462. The molecular formula is C13H19NO3. The summed E-state index contributed by atoms with van der Waals surface area (Å²) in [6.45, 7) is 4.12. The molecule has 1 rings (SSSR count). The first-order chi connectivity index (χ1) is 7.95. The number of hydrogen-bond donors (Lipinski definition) is 2. The van der Waals surface area contributed by atoms with Crippen LogP contribution in [0.2, 0.25) is 0 Å². The normalized spacial score (nSPS) is 12.5. The van der Waals surface area contributed by atoms with Gasteiger partial charge in [0, 0.05) is 0 Å². The average molecular weight is 237 g/mol. The van der Waals surface area contributed by atoms with Crippen LogP contribution in [0, 0.1) is 0 Å². The van der Waals surface area contributed by atoms with Gasteiger partial charge in [0.05, 0.1) is 7.11 Å². The van der Waals surface area contributed by atoms with Crippen molar-refractivity contribution in [2.45, 2.75) is 32.2 Å². The van der Waals surface area contributed by atoms with Crippen molar-refractivity contribution in [2.75, 3.05) is 7.11 Å². The number of rotatable bonds is 5. The molecule has 0 heterocycles. The third kappa shape index (κ3) is 3.46. The van der Waals surface area contributed by atoms with Crippen molar-refractivity contribution >= 4 is 5.97 Å². The van der Waals surface area contributed by atoms with Gasteiger partial charge in [-0.25, -0.2) is 0 Å². The molecule has 0 saturated carbocycles. The van der Waals surface area contributed by atoms with Crippen LogP contribution in [-0.4, -0.2) is 24.2 Å². The lowest BCUT2D eigenvalue weighted by Gasteiger charge is -2.16. The fourth-order valence-corrected chi connectivity index (χ4v) is 1.75. The number of nitrogens with two attached hydrogens (primary N) is 1. The van der Waals surface area contributed by atoms with E-state index in [9.17, 15) is 4.79 Å². The third-order valence-electron chi connectivity index (χ3n) is 2.73. The highest BCUT2D eigenvalue weighted by Crippen LogP contribution is 2.25. The molecule has 0 aromatic heterocycles. The van der Waals surface area contributed by atoms with Crippen LogP contribution in [0.4, 0.5) is 0 Å². The van der Waals surface area contributed by atoms with E-state index < -0.39 is 12.0 Å². The number of hydrogen-bond acceptors (Lipinski definition) is 3. The van der Waals surface area contributed by atoms with Crippen LogP contribution >= 0.6 is 0 Å². The van der Waals surface area contributed by atoms with E-state index in [-0.39, 0.29) is 0 Å². The summed E-state index contributed by atoms with van der Waals surface area (Å²) in [6.07, 6.45) is 0.340. The topological polar surface area (TPSA) is 72.5 Å². The predicted octanol–water partition coefficient (Wildman–Crippen LogP) is 1.77. The summed E-state index contributed by atoms with van der Waals surface area (Å²) in [4.78, 5) is 10.8. The Bertz CT molecular complexity index is 402. The number of carbonyl (C=O) groups is 1. The molecule has 0 aliphatic carbocycles. The van der Waals surface area contributed by atoms with E-state index in [2.05, 4.69) is 13.8 Å². The summed E-state index contributed by atoms with van der Waals surface area (Å²) in [5.74, 6) is 0.109. The lowest BCUT2D eigenvalue weighted by Crippen LogP contribution is -2.32. The molecule has 0 amide bonds. The molecule has 0 radical (unpaired) electrons. The maximum absolute atomic E-state index is 10.8. The molecule has 94 valence electrons. The Morgan fingerprint density at radius 1 is 1.47 bits per heavy atom. The Kier molecular flexibility index (Phi) is 4.52. The smallest absolute Gasteiger partial charge is 0.320 e. The molecule has 0 fully saturated rings. The predicted molar refractivity (Wildman–Crippen MR) is 66.4 cm³/mol. The second kappa shape index (κ2) is 5.68. The van der Waals surface area contributed by atoms with Crippen LogP contribution in [0.5, 0.6) is 5.75 Å². The second-order valence-corrected chi connectivity index (χ2v) is 4.37. The molecular weight excluding hydrogens is 218 g/mol. The van der Waals surface area contributed by atoms with Crippen LogP contribution in [0.25, 0.3) is 0 Å². The van der Waals surface area contributed by atoms with Crippen molar-refractivity contribution in [1.29, 1.82) is 0 Å². The first-order valence-electron chi connectivity index (χ1n) is 5.61. The van der Waals surface area contributed by atoms with Crippen molar-refractivity contribution in [2.24, 2.45) is 5.73 Å². The van der Waals surface area contributed by atoms with Crippen LogP contribution in [0.15, 0.2) is 18.2 Å². The first kappa shape index (κ1) is 13.5. The quantitative estimate of drug-likeness (QED) is 0.818. The lowest BCUT2D eigenvalue weighted by atomic mass is 9.93. The Labute approximate surface area is 101 Å². The summed E-state index contributed by atoms with van der Waals surface area (Å²) in [5.41, 5.74) is 7.61. The van der Waals surface area contributed by atoms with E-state index in [0.717, 1.165) is 16.9 Å². The number of benzene rings is 1. The molecule has 4 nitrogen and oxygen atoms in total. The highest BCUT2D eigenvalue weighted by Gasteiger charge is 2.16. The molecule has 17 heavy (non-hydrogen) atoms. The fourth-order valence-electron chi connectivity index (χ4n) is 1.75. The van der Waals surface area contributed by atoms with Crippen LogP contribution < -0.4 is 10.5 Å². The van der Waals surface area contributed by atoms with Crippen LogP contribution in [-0.2, 0) is 11.2 Å². The maximum atomic E-state index is 10.8.